The molecule has 50 heavy (non-hydrogen) atoms. The number of fused-ring (bicyclic) bond motifs is 1. The molecule has 248 valence electrons. The highest BCUT2D eigenvalue weighted by Gasteiger charge is 2.41. The number of nitrogens with one attached hydrogen (secondary N) is 2. The van der Waals surface area contributed by atoms with Gasteiger partial charge in [0.2, 0.25) is 5.88 Å². The van der Waals surface area contributed by atoms with Crippen molar-refractivity contribution in [1.29, 1.82) is 0 Å². The second kappa shape index (κ2) is 14.0. The Bertz CT molecular complexity index is 2130. The first-order valence-electron chi connectivity index (χ1n) is 16.4. The topological polar surface area (TPSA) is 114 Å². The zero-order valence-corrected chi connectivity index (χ0v) is 27.7. The first-order valence-corrected chi connectivity index (χ1v) is 16.4. The maximum Gasteiger partial charge on any atom is 0.320 e. The fraction of sp³-hybridized carbons (Fsp3) is 0.122. The van der Waals surface area contributed by atoms with Crippen LogP contribution in [-0.4, -0.2) is 38.0 Å². The zero-order valence-electron chi connectivity index (χ0n) is 27.7. The zero-order chi connectivity index (χ0) is 34.5. The number of amides is 2. The summed E-state index contributed by atoms with van der Waals surface area (Å²) in [7, 11) is 1.58. The first kappa shape index (κ1) is 32.2. The number of carbonyl (C=O) groups excluding carboxylic acids is 1. The molecule has 0 bridgehead atoms. The Morgan fingerprint density at radius 2 is 1.38 bits per heavy atom. The maximum absolute atomic E-state index is 13.5. The number of benzene rings is 4. The molecular weight excluding hydrogens is 624 g/mol. The molecule has 4 aromatic carbocycles. The second-order valence-electron chi connectivity index (χ2n) is 11.9. The van der Waals surface area contributed by atoms with Crippen LogP contribution in [0, 0.1) is 0 Å². The van der Waals surface area contributed by atoms with Crippen LogP contribution in [0.15, 0.2) is 146 Å². The van der Waals surface area contributed by atoms with Crippen molar-refractivity contribution in [1.82, 2.24) is 25.1 Å². The van der Waals surface area contributed by atoms with E-state index in [0.717, 1.165) is 22.3 Å². The molecule has 1 atom stereocenters. The Morgan fingerprint density at radius 3 is 1.92 bits per heavy atom. The van der Waals surface area contributed by atoms with Gasteiger partial charge in [0.05, 0.1) is 42.0 Å². The van der Waals surface area contributed by atoms with Crippen molar-refractivity contribution < 1.29 is 14.6 Å². The minimum atomic E-state index is -0.979. The number of hydrogen-bond donors (Lipinski definition) is 3. The molecule has 3 aromatic heterocycles. The maximum atomic E-state index is 13.5. The van der Waals surface area contributed by atoms with E-state index < -0.39 is 11.6 Å². The minimum Gasteiger partial charge on any atom is -0.479 e. The molecule has 3 heterocycles. The van der Waals surface area contributed by atoms with E-state index in [1.165, 1.54) is 0 Å². The average molecular weight is 661 g/mol. The largest absolute Gasteiger partial charge is 0.479 e. The quantitative estimate of drug-likeness (QED) is 0.130. The number of hydrogen-bond acceptors (Lipinski definition) is 6. The third kappa shape index (κ3) is 5.95. The molecule has 7 rings (SSSR count). The number of ether oxygens (including phenoxy) is 1. The molecule has 0 spiro atoms. The third-order valence-corrected chi connectivity index (χ3v) is 8.86. The van der Waals surface area contributed by atoms with Crippen LogP contribution in [0.1, 0.15) is 40.9 Å². The van der Waals surface area contributed by atoms with E-state index >= 15 is 0 Å². The summed E-state index contributed by atoms with van der Waals surface area (Å²) < 4.78 is 7.98. The van der Waals surface area contributed by atoms with E-state index in [4.69, 9.17) is 14.8 Å². The van der Waals surface area contributed by atoms with Crippen LogP contribution in [-0.2, 0) is 12.1 Å². The standard InChI is InChI=1S/C41H36N6O3/c1-28(29-15-7-3-8-16-29)43-40(49)45-36-26-35-37(38(44-36)30-23-24-42-34(25-30)27-48)39(50-2)46-47(35)41(31-17-9-4-10-18-31,32-19-11-5-12-20-32)33-21-13-6-14-22-33/h3-26,28,48H,27H2,1-2H3,(H2,43,44,45,49)/t28-/m1/s1. The van der Waals surface area contributed by atoms with Gasteiger partial charge in [-0.15, -0.1) is 5.10 Å². The summed E-state index contributed by atoms with van der Waals surface area (Å²) in [5.41, 5.74) is 5.24. The average Bonchev–Trinajstić information content (AvgIpc) is 3.55. The first-order chi connectivity index (χ1) is 24.5. The van der Waals surface area contributed by atoms with Gasteiger partial charge in [0.15, 0.2) is 0 Å². The number of aliphatic hydroxyl groups excluding tert-OH is 1. The lowest BCUT2D eigenvalue weighted by Gasteiger charge is -2.37. The summed E-state index contributed by atoms with van der Waals surface area (Å²) >= 11 is 0. The number of aliphatic hydroxyl groups is 1. The van der Waals surface area contributed by atoms with Crippen molar-refractivity contribution in [2.75, 3.05) is 12.4 Å². The predicted molar refractivity (Wildman–Crippen MR) is 195 cm³/mol. The van der Waals surface area contributed by atoms with Crippen LogP contribution in [0.4, 0.5) is 10.6 Å². The molecule has 0 radical (unpaired) electrons. The normalized spacial score (nSPS) is 12.0. The Balaban J connectivity index is 1.51. The summed E-state index contributed by atoms with van der Waals surface area (Å²) in [5.74, 6) is 0.658. The lowest BCUT2D eigenvalue weighted by Crippen LogP contribution is -2.38. The molecule has 0 saturated carbocycles. The van der Waals surface area contributed by atoms with Gasteiger partial charge in [-0.05, 0) is 41.3 Å². The van der Waals surface area contributed by atoms with Crippen LogP contribution in [0.2, 0.25) is 0 Å². The molecule has 0 unspecified atom stereocenters. The molecule has 0 aliphatic carbocycles. The summed E-state index contributed by atoms with van der Waals surface area (Å²) in [6, 6.07) is 45.2. The highest BCUT2D eigenvalue weighted by Crippen LogP contribution is 2.45. The van der Waals surface area contributed by atoms with Crippen LogP contribution in [0.5, 0.6) is 5.88 Å². The number of urea groups is 1. The fourth-order valence-corrected chi connectivity index (χ4v) is 6.57. The Kier molecular flexibility index (Phi) is 9.05. The number of pyridine rings is 2. The number of rotatable bonds is 10. The smallest absolute Gasteiger partial charge is 0.320 e. The number of aromatic nitrogens is 4. The summed E-state index contributed by atoms with van der Waals surface area (Å²) in [4.78, 5) is 22.8. The molecule has 0 saturated heterocycles. The molecular formula is C41H36N6O3. The summed E-state index contributed by atoms with van der Waals surface area (Å²) in [5, 5.41) is 21.8. The van der Waals surface area contributed by atoms with Gasteiger partial charge in [0, 0.05) is 17.8 Å². The lowest BCUT2D eigenvalue weighted by molar-refractivity contribution is 0.249. The summed E-state index contributed by atoms with van der Waals surface area (Å²) in [6.45, 7) is 1.68. The molecule has 7 aromatic rings. The Hall–Kier alpha value is -6.32. The van der Waals surface area contributed by atoms with Crippen molar-refractivity contribution >= 4 is 22.8 Å². The van der Waals surface area contributed by atoms with Gasteiger partial charge in [-0.1, -0.05) is 121 Å². The molecule has 2 amide bonds. The van der Waals surface area contributed by atoms with Crippen LogP contribution in [0.25, 0.3) is 22.2 Å². The molecule has 0 fully saturated rings. The van der Waals surface area contributed by atoms with E-state index in [1.54, 1.807) is 19.4 Å². The van der Waals surface area contributed by atoms with Gasteiger partial charge in [0.1, 0.15) is 11.4 Å². The molecule has 9 nitrogen and oxygen atoms in total. The van der Waals surface area contributed by atoms with Crippen molar-refractivity contribution in [3.63, 3.8) is 0 Å². The monoisotopic (exact) mass is 660 g/mol. The van der Waals surface area contributed by atoms with Crippen molar-refractivity contribution in [2.45, 2.75) is 25.1 Å². The SMILES string of the molecule is COc1nn(C(c2ccccc2)(c2ccccc2)c2ccccc2)c2cc(NC(=O)N[C@H](C)c3ccccc3)nc(-c3ccnc(CO)c3)c12. The van der Waals surface area contributed by atoms with Gasteiger partial charge in [-0.25, -0.2) is 14.5 Å². The predicted octanol–water partition coefficient (Wildman–Crippen LogP) is 7.72. The van der Waals surface area contributed by atoms with E-state index in [0.29, 0.717) is 39.6 Å². The number of anilines is 1. The minimum absolute atomic E-state index is 0.246. The molecule has 0 aliphatic rings. The van der Waals surface area contributed by atoms with E-state index in [1.807, 2.05) is 109 Å². The van der Waals surface area contributed by atoms with Gasteiger partial charge >= 0.3 is 6.03 Å². The molecule has 0 aliphatic heterocycles. The van der Waals surface area contributed by atoms with Gasteiger partial charge in [-0.3, -0.25) is 10.3 Å². The molecule has 3 N–H and O–H groups in total. The highest BCUT2D eigenvalue weighted by atomic mass is 16.5. The van der Waals surface area contributed by atoms with Gasteiger partial charge in [-0.2, -0.15) is 0 Å². The van der Waals surface area contributed by atoms with E-state index in [9.17, 15) is 9.90 Å². The van der Waals surface area contributed by atoms with Gasteiger partial charge < -0.3 is 15.2 Å². The van der Waals surface area contributed by atoms with Gasteiger partial charge in [0.25, 0.3) is 0 Å². The second-order valence-corrected chi connectivity index (χ2v) is 11.9. The molecule has 9 heteroatoms. The Labute approximate surface area is 290 Å². The summed E-state index contributed by atoms with van der Waals surface area (Å²) in [6.07, 6.45) is 1.63. The van der Waals surface area contributed by atoms with Crippen LogP contribution >= 0.6 is 0 Å². The van der Waals surface area contributed by atoms with Crippen molar-refractivity contribution in [2.24, 2.45) is 0 Å². The van der Waals surface area contributed by atoms with Crippen molar-refractivity contribution in [3.05, 3.63) is 174 Å². The van der Waals surface area contributed by atoms with Crippen LogP contribution in [0.3, 0.4) is 0 Å². The van der Waals surface area contributed by atoms with Crippen molar-refractivity contribution in [3.8, 4) is 17.1 Å². The third-order valence-electron chi connectivity index (χ3n) is 8.86. The Morgan fingerprint density at radius 1 is 0.820 bits per heavy atom. The number of methoxy groups -OCH3 is 1. The lowest BCUT2D eigenvalue weighted by atomic mass is 9.77. The van der Waals surface area contributed by atoms with Crippen LogP contribution < -0.4 is 15.4 Å². The van der Waals surface area contributed by atoms with E-state index in [2.05, 4.69) is 52.0 Å². The highest BCUT2D eigenvalue weighted by molar-refractivity contribution is 6.00. The van der Waals surface area contributed by atoms with E-state index in [-0.39, 0.29) is 12.6 Å². The number of carbonyl (C=O) groups is 1. The fourth-order valence-electron chi connectivity index (χ4n) is 6.57. The number of nitrogens with zero attached hydrogens (tertiary/aromatic N) is 4.